The highest BCUT2D eigenvalue weighted by atomic mass is 16.7. The smallest absolute Gasteiger partial charge is 0.389 e. The second-order valence-corrected chi connectivity index (χ2v) is 8.56. The summed E-state index contributed by atoms with van der Waals surface area (Å²) in [4.78, 5) is 0. The van der Waals surface area contributed by atoms with E-state index in [0.717, 1.165) is 0 Å². The Kier molecular flexibility index (Phi) is 3.12. The second kappa shape index (κ2) is 3.85. The fourth-order valence-electron chi connectivity index (χ4n) is 3.21. The molecule has 0 aromatic heterocycles. The maximum absolute atomic E-state index is 6.21. The molecule has 0 atom stereocenters. The molecule has 18 heavy (non-hydrogen) atoms. The Morgan fingerprint density at radius 3 is 1.33 bits per heavy atom. The van der Waals surface area contributed by atoms with Crippen LogP contribution in [0.4, 0.5) is 0 Å². The summed E-state index contributed by atoms with van der Waals surface area (Å²) in [6.07, 6.45) is 0.524. The topological polar surface area (TPSA) is 18.5 Å². The summed E-state index contributed by atoms with van der Waals surface area (Å²) in [5.41, 5.74) is -0.400. The van der Waals surface area contributed by atoms with E-state index < -0.39 is 0 Å². The van der Waals surface area contributed by atoms with Crippen molar-refractivity contribution in [2.75, 3.05) is 0 Å². The zero-order valence-electron chi connectivity index (χ0n) is 13.4. The van der Waals surface area contributed by atoms with Crippen molar-refractivity contribution in [1.82, 2.24) is 0 Å². The molecule has 0 spiro atoms. The van der Waals surface area contributed by atoms with Gasteiger partial charge in [-0.3, -0.25) is 0 Å². The van der Waals surface area contributed by atoms with Crippen LogP contribution in [0, 0.1) is 0 Å². The van der Waals surface area contributed by atoms with Crippen LogP contribution in [0.1, 0.15) is 55.4 Å². The van der Waals surface area contributed by atoms with Gasteiger partial charge < -0.3 is 9.31 Å². The lowest BCUT2D eigenvalue weighted by atomic mass is 8.93. The zero-order chi connectivity index (χ0) is 14.0. The molecule has 2 heterocycles. The van der Waals surface area contributed by atoms with E-state index in [4.69, 9.17) is 9.31 Å². The highest BCUT2D eigenvalue weighted by Gasteiger charge is 2.60. The summed E-state index contributed by atoms with van der Waals surface area (Å²) in [6.45, 7) is 18.0. The summed E-state index contributed by atoms with van der Waals surface area (Å²) in [5, 5.41) is 0.725. The SMILES string of the molecule is CC1(C)BB(B2OC(C)(C)C(C)(C)O2)BC1(C)C. The predicted octanol–water partition coefficient (Wildman–Crippen LogP) is 1.93. The van der Waals surface area contributed by atoms with Crippen LogP contribution >= 0.6 is 0 Å². The molecular weight excluding hydrogens is 219 g/mol. The van der Waals surface area contributed by atoms with Crippen LogP contribution in [-0.2, 0) is 9.31 Å². The van der Waals surface area contributed by atoms with Gasteiger partial charge in [0.15, 0.2) is 0 Å². The molecular formula is C12H26B4O2. The highest BCUT2D eigenvalue weighted by molar-refractivity contribution is 7.64. The molecule has 2 aliphatic heterocycles. The van der Waals surface area contributed by atoms with E-state index >= 15 is 0 Å². The number of rotatable bonds is 1. The zero-order valence-corrected chi connectivity index (χ0v) is 13.4. The molecule has 0 bridgehead atoms. The number of hydrogen-bond donors (Lipinski definition) is 0. The maximum atomic E-state index is 6.21. The van der Waals surface area contributed by atoms with Crippen LogP contribution in [0.15, 0.2) is 0 Å². The molecule has 2 saturated heterocycles. The van der Waals surface area contributed by atoms with Gasteiger partial charge in [-0.1, -0.05) is 38.3 Å². The summed E-state index contributed by atoms with van der Waals surface area (Å²) in [6, 6.07) is 0. The van der Waals surface area contributed by atoms with E-state index in [-0.39, 0.29) is 18.2 Å². The van der Waals surface area contributed by atoms with Crippen LogP contribution in [0.25, 0.3) is 0 Å². The quantitative estimate of drug-likeness (QED) is 0.657. The monoisotopic (exact) mass is 246 g/mol. The molecule has 0 N–H and O–H groups in total. The highest BCUT2D eigenvalue weighted by Crippen LogP contribution is 2.55. The van der Waals surface area contributed by atoms with Crippen LogP contribution in [-0.4, -0.2) is 38.9 Å². The normalized spacial score (nSPS) is 31.1. The molecule has 98 valence electrons. The Labute approximate surface area is 115 Å². The Balaban J connectivity index is 2.14. The molecule has 0 saturated carbocycles. The van der Waals surface area contributed by atoms with E-state index in [9.17, 15) is 0 Å². The molecule has 0 aliphatic carbocycles. The van der Waals surface area contributed by atoms with Crippen LogP contribution < -0.4 is 0 Å². The Bertz CT molecular complexity index is 286. The molecule has 0 aromatic carbocycles. The maximum Gasteiger partial charge on any atom is 0.389 e. The molecule has 0 amide bonds. The minimum Gasteiger partial charge on any atom is -0.411 e. The third-order valence-electron chi connectivity index (χ3n) is 6.03. The van der Waals surface area contributed by atoms with Crippen LogP contribution in [0.5, 0.6) is 0 Å². The fourth-order valence-corrected chi connectivity index (χ4v) is 3.21. The van der Waals surface area contributed by atoms with Crippen molar-refractivity contribution in [2.24, 2.45) is 0 Å². The van der Waals surface area contributed by atoms with Crippen molar-refractivity contribution in [2.45, 2.75) is 77.2 Å². The average molecular weight is 246 g/mol. The van der Waals surface area contributed by atoms with Gasteiger partial charge >= 0.3 is 7.01 Å². The Morgan fingerprint density at radius 1 is 0.667 bits per heavy atom. The summed E-state index contributed by atoms with van der Waals surface area (Å²) in [5.74, 6) is 0. The number of hydrogen-bond acceptors (Lipinski definition) is 2. The average Bonchev–Trinajstić information content (AvgIpc) is 2.45. The van der Waals surface area contributed by atoms with E-state index in [2.05, 4.69) is 55.4 Å². The van der Waals surface area contributed by atoms with Gasteiger partial charge in [-0.15, -0.1) is 0 Å². The molecule has 0 radical (unpaired) electrons. The summed E-state index contributed by atoms with van der Waals surface area (Å²) in [7, 11) is 2.35. The lowest BCUT2D eigenvalue weighted by molar-refractivity contribution is 0.00578. The first kappa shape index (κ1) is 14.6. The van der Waals surface area contributed by atoms with Crippen molar-refractivity contribution >= 4 is 27.7 Å². The van der Waals surface area contributed by atoms with Gasteiger partial charge in [0.25, 0.3) is 0 Å². The largest absolute Gasteiger partial charge is 0.411 e. The van der Waals surface area contributed by atoms with Gasteiger partial charge in [-0.25, -0.2) is 0 Å². The molecule has 2 aliphatic rings. The van der Waals surface area contributed by atoms with Gasteiger partial charge in [0.2, 0.25) is 0 Å². The standard InChI is InChI=1S/C12H26B4O2/c1-9(2)10(3,4)14-15(13-9)16-17-11(5,6)12(7,8)18-16/h13-14H,1-8H3. The third kappa shape index (κ3) is 2.10. The summed E-state index contributed by atoms with van der Waals surface area (Å²) >= 11 is 0. The summed E-state index contributed by atoms with van der Waals surface area (Å²) < 4.78 is 12.4. The minimum absolute atomic E-state index is 0.0314. The van der Waals surface area contributed by atoms with Gasteiger partial charge in [0.05, 0.1) is 25.5 Å². The molecule has 6 heteroatoms. The molecule has 2 rings (SSSR count). The van der Waals surface area contributed by atoms with Crippen molar-refractivity contribution < 1.29 is 9.31 Å². The minimum atomic E-state index is -0.200. The van der Waals surface area contributed by atoms with Gasteiger partial charge in [0, 0.05) is 0 Å². The molecule has 0 aromatic rings. The first-order valence-electron chi connectivity index (χ1n) is 7.24. The first-order chi connectivity index (χ1) is 7.88. The van der Waals surface area contributed by atoms with Gasteiger partial charge in [0.1, 0.15) is 6.39 Å². The van der Waals surface area contributed by atoms with Crippen LogP contribution in [0.2, 0.25) is 10.6 Å². The first-order valence-corrected chi connectivity index (χ1v) is 7.24. The lowest BCUT2D eigenvalue weighted by Crippen LogP contribution is -2.46. The molecule has 2 fully saturated rings. The van der Waals surface area contributed by atoms with Gasteiger partial charge in [-0.2, -0.15) is 0 Å². The third-order valence-corrected chi connectivity index (χ3v) is 6.03. The van der Waals surface area contributed by atoms with Crippen LogP contribution in [0.3, 0.4) is 0 Å². The van der Waals surface area contributed by atoms with Crippen molar-refractivity contribution in [3.05, 3.63) is 0 Å². The van der Waals surface area contributed by atoms with E-state index in [0.29, 0.717) is 17.0 Å². The van der Waals surface area contributed by atoms with E-state index in [1.54, 1.807) is 0 Å². The fraction of sp³-hybridized carbons (Fsp3) is 1.00. The van der Waals surface area contributed by atoms with Crippen molar-refractivity contribution in [1.29, 1.82) is 0 Å². The lowest BCUT2D eigenvalue weighted by Gasteiger charge is -2.35. The Hall–Kier alpha value is 0.180. The molecule has 0 unspecified atom stereocenters. The van der Waals surface area contributed by atoms with Gasteiger partial charge in [-0.05, 0) is 27.7 Å². The second-order valence-electron chi connectivity index (χ2n) is 8.56. The van der Waals surface area contributed by atoms with E-state index in [1.807, 2.05) is 0 Å². The Morgan fingerprint density at radius 2 is 1.00 bits per heavy atom. The van der Waals surface area contributed by atoms with Crippen molar-refractivity contribution in [3.8, 4) is 0 Å². The molecule has 2 nitrogen and oxygen atoms in total. The van der Waals surface area contributed by atoms with E-state index in [1.165, 1.54) is 14.3 Å². The van der Waals surface area contributed by atoms with Crippen molar-refractivity contribution in [3.63, 3.8) is 0 Å². The predicted molar refractivity (Wildman–Crippen MR) is 84.2 cm³/mol.